The van der Waals surface area contributed by atoms with Crippen molar-refractivity contribution in [2.45, 2.75) is 5.66 Å². The molecule has 1 aromatic rings. The SMILES string of the molecule is [2H]COP(=O)(OC[2H])C(C=C)c1ccccc1. The first-order chi connectivity index (χ1) is 8.18. The van der Waals surface area contributed by atoms with Gasteiger partial charge < -0.3 is 9.05 Å². The van der Waals surface area contributed by atoms with Crippen molar-refractivity contribution in [2.24, 2.45) is 0 Å². The smallest absolute Gasteiger partial charge is 0.311 e. The van der Waals surface area contributed by atoms with Gasteiger partial charge in [0.25, 0.3) is 0 Å². The van der Waals surface area contributed by atoms with Gasteiger partial charge in [0.15, 0.2) is 0 Å². The molecule has 0 spiro atoms. The second-order valence-corrected chi connectivity index (χ2v) is 5.04. The molecule has 0 amide bonds. The number of allylic oxidation sites excluding steroid dienone is 1. The van der Waals surface area contributed by atoms with E-state index >= 15 is 0 Å². The van der Waals surface area contributed by atoms with E-state index in [4.69, 9.17) is 11.8 Å². The molecule has 82 valence electrons. The Balaban J connectivity index is 3.06. The summed E-state index contributed by atoms with van der Waals surface area (Å²) in [6, 6.07) is 9.00. The largest absolute Gasteiger partial charge is 0.341 e. The lowest BCUT2D eigenvalue weighted by Crippen LogP contribution is -2.00. The number of hydrogen-bond acceptors (Lipinski definition) is 3. The highest BCUT2D eigenvalue weighted by Gasteiger charge is 2.32. The first kappa shape index (κ1) is 9.34. The molecule has 0 aliphatic heterocycles. The molecule has 0 saturated heterocycles. The molecule has 0 N–H and O–H groups in total. The zero-order valence-electron chi connectivity index (χ0n) is 10.3. The van der Waals surface area contributed by atoms with Crippen LogP contribution in [0.2, 0.25) is 0 Å². The van der Waals surface area contributed by atoms with Gasteiger partial charge in [0, 0.05) is 14.2 Å². The average Bonchev–Trinajstić information content (AvgIpc) is 2.31. The van der Waals surface area contributed by atoms with Crippen LogP contribution in [0.15, 0.2) is 43.0 Å². The highest BCUT2D eigenvalue weighted by molar-refractivity contribution is 7.54. The Morgan fingerprint density at radius 3 is 2.47 bits per heavy atom. The quantitative estimate of drug-likeness (QED) is 0.572. The van der Waals surface area contributed by atoms with Crippen LogP contribution in [0.4, 0.5) is 0 Å². The third-order valence-electron chi connectivity index (χ3n) is 2.06. The molecule has 3 nitrogen and oxygen atoms in total. The third-order valence-corrected chi connectivity index (χ3v) is 3.98. The summed E-state index contributed by atoms with van der Waals surface area (Å²) in [5.74, 6) is 0. The van der Waals surface area contributed by atoms with Crippen molar-refractivity contribution in [2.75, 3.05) is 14.2 Å². The van der Waals surface area contributed by atoms with E-state index in [-0.39, 0.29) is 0 Å². The molecular formula is C11H15O3P. The first-order valence-electron chi connectivity index (χ1n) is 5.74. The first-order valence-corrected chi connectivity index (χ1v) is 5.94. The Hall–Kier alpha value is -0.890. The van der Waals surface area contributed by atoms with E-state index in [0.717, 1.165) is 5.56 Å². The van der Waals surface area contributed by atoms with Crippen LogP contribution in [0, 0.1) is 0 Å². The van der Waals surface area contributed by atoms with Gasteiger partial charge in [-0.05, 0) is 5.56 Å². The minimum Gasteiger partial charge on any atom is -0.311 e. The summed E-state index contributed by atoms with van der Waals surface area (Å²) >= 11 is 0. The van der Waals surface area contributed by atoms with Gasteiger partial charge in [-0.3, -0.25) is 4.57 Å². The minimum atomic E-state index is -3.54. The van der Waals surface area contributed by atoms with E-state index < -0.39 is 27.4 Å². The molecule has 0 heterocycles. The molecule has 0 aliphatic rings. The van der Waals surface area contributed by atoms with Crippen LogP contribution in [-0.2, 0) is 13.6 Å². The van der Waals surface area contributed by atoms with Gasteiger partial charge in [-0.2, -0.15) is 0 Å². The van der Waals surface area contributed by atoms with Gasteiger partial charge in [-0.25, -0.2) is 0 Å². The predicted octanol–water partition coefficient (Wildman–Crippen LogP) is 3.40. The number of hydrogen-bond donors (Lipinski definition) is 0. The van der Waals surface area contributed by atoms with Gasteiger partial charge in [0.1, 0.15) is 5.66 Å². The standard InChI is InChI=1S/C11H15O3P/c1-4-11(15(12,13-2)14-3)10-8-6-5-7-9-10/h4-9,11H,1H2,2-3H3/i2D,3D. The van der Waals surface area contributed by atoms with Crippen molar-refractivity contribution < 1.29 is 16.4 Å². The van der Waals surface area contributed by atoms with Crippen molar-refractivity contribution in [3.05, 3.63) is 48.6 Å². The molecule has 0 saturated carbocycles. The lowest BCUT2D eigenvalue weighted by molar-refractivity contribution is 0.270. The van der Waals surface area contributed by atoms with Crippen LogP contribution in [0.5, 0.6) is 0 Å². The molecule has 0 radical (unpaired) electrons. The fourth-order valence-corrected chi connectivity index (χ4v) is 2.49. The van der Waals surface area contributed by atoms with Gasteiger partial charge in [0.05, 0.1) is 2.74 Å². The zero-order valence-corrected chi connectivity index (χ0v) is 9.23. The highest BCUT2D eigenvalue weighted by Crippen LogP contribution is 2.60. The maximum Gasteiger partial charge on any atom is 0.341 e. The van der Waals surface area contributed by atoms with E-state index in [1.807, 2.05) is 6.07 Å². The van der Waals surface area contributed by atoms with E-state index in [0.29, 0.717) is 0 Å². The van der Waals surface area contributed by atoms with Crippen LogP contribution in [0.1, 0.15) is 14.0 Å². The average molecular weight is 228 g/mol. The summed E-state index contributed by atoms with van der Waals surface area (Å²) in [5, 5.41) is 0. The Bertz CT molecular complexity index is 387. The Morgan fingerprint density at radius 1 is 1.40 bits per heavy atom. The van der Waals surface area contributed by atoms with Gasteiger partial charge >= 0.3 is 7.60 Å². The van der Waals surface area contributed by atoms with Crippen molar-refractivity contribution in [3.63, 3.8) is 0 Å². The van der Waals surface area contributed by atoms with Crippen LogP contribution >= 0.6 is 7.60 Å². The lowest BCUT2D eigenvalue weighted by atomic mass is 10.1. The van der Waals surface area contributed by atoms with Crippen LogP contribution in [0.25, 0.3) is 0 Å². The monoisotopic (exact) mass is 228 g/mol. The minimum absolute atomic E-state index is 0.478. The van der Waals surface area contributed by atoms with Crippen molar-refractivity contribution >= 4 is 7.60 Å². The van der Waals surface area contributed by atoms with Gasteiger partial charge in [-0.15, -0.1) is 6.58 Å². The van der Waals surface area contributed by atoms with E-state index in [1.54, 1.807) is 24.3 Å². The fourth-order valence-electron chi connectivity index (χ4n) is 1.30. The summed E-state index contributed by atoms with van der Waals surface area (Å²) in [6.45, 7) is 3.61. The summed E-state index contributed by atoms with van der Waals surface area (Å²) < 4.78 is 36.2. The Kier molecular flexibility index (Phi) is 3.28. The van der Waals surface area contributed by atoms with Crippen LogP contribution < -0.4 is 0 Å². The Morgan fingerprint density at radius 2 is 2.00 bits per heavy atom. The second kappa shape index (κ2) is 5.26. The topological polar surface area (TPSA) is 35.5 Å². The third kappa shape index (κ3) is 2.57. The molecule has 1 atom stereocenters. The van der Waals surface area contributed by atoms with E-state index in [2.05, 4.69) is 6.58 Å². The van der Waals surface area contributed by atoms with E-state index in [9.17, 15) is 4.57 Å². The highest BCUT2D eigenvalue weighted by atomic mass is 31.2. The summed E-state index contributed by atoms with van der Waals surface area (Å²) in [5.41, 5.74) is 0.0760. The molecule has 1 rings (SSSR count). The zero-order chi connectivity index (χ0) is 12.7. The molecule has 0 fully saturated rings. The summed E-state index contributed by atoms with van der Waals surface area (Å²) in [6.07, 6.45) is 1.46. The fraction of sp³-hybridized carbons (Fsp3) is 0.273. The molecule has 4 heteroatoms. The predicted molar refractivity (Wildman–Crippen MR) is 61.0 cm³/mol. The summed E-state index contributed by atoms with van der Waals surface area (Å²) in [4.78, 5) is 0. The lowest BCUT2D eigenvalue weighted by Gasteiger charge is -2.21. The molecule has 1 unspecified atom stereocenters. The molecule has 1 aromatic carbocycles. The molecule has 15 heavy (non-hydrogen) atoms. The van der Waals surface area contributed by atoms with Crippen LogP contribution in [0.3, 0.4) is 0 Å². The molecule has 0 bridgehead atoms. The van der Waals surface area contributed by atoms with Crippen molar-refractivity contribution in [1.29, 1.82) is 0 Å². The van der Waals surface area contributed by atoms with Gasteiger partial charge in [0.2, 0.25) is 0 Å². The maximum atomic E-state index is 12.4. The molecule has 0 aromatic heterocycles. The van der Waals surface area contributed by atoms with Gasteiger partial charge in [-0.1, -0.05) is 36.4 Å². The Labute approximate surface area is 93.1 Å². The number of rotatable bonds is 5. The molecule has 0 aliphatic carbocycles. The molecular weight excluding hydrogens is 211 g/mol. The summed E-state index contributed by atoms with van der Waals surface area (Å²) in [7, 11) is -4.50. The maximum absolute atomic E-state index is 12.4. The van der Waals surface area contributed by atoms with Crippen molar-refractivity contribution in [3.8, 4) is 0 Å². The van der Waals surface area contributed by atoms with Crippen LogP contribution in [-0.4, -0.2) is 14.2 Å². The normalized spacial score (nSPS) is 15.2. The van der Waals surface area contributed by atoms with E-state index in [1.165, 1.54) is 6.08 Å². The number of benzene rings is 1. The van der Waals surface area contributed by atoms with Crippen molar-refractivity contribution in [1.82, 2.24) is 0 Å². The second-order valence-electron chi connectivity index (χ2n) is 2.89.